The van der Waals surface area contributed by atoms with Gasteiger partial charge in [-0.1, -0.05) is 55.5 Å². The molecule has 2 fully saturated rings. The monoisotopic (exact) mass is 734 g/mol. The molecular formula is C35H47N7O5Y-2. The molecule has 1 radical (unpaired) electrons. The standard InChI is InChI=1S/C34H44N7O5.CH3.Y/c1-3-24(18-38-40-33(44)37-17-21-12-14-22(15-13-21)31(42)36-2)39-32(43)30-16-23(35)19-41(30)34(45)46-20-29-27-10-6-4-8-25(27)26-9-5-7-11-28(26)29;;/h4-11,18,21-24,29-30,35H,3,12-17,19-20H2,1-2H3,(H,36,42)(H,39,43)(H2,37,40,44);1H3;/q2*-1;/b38-18+;;/t21?,22?,23-,24+,30+;;/m1../s1. The Morgan fingerprint density at radius 3 is 2.23 bits per heavy atom. The van der Waals surface area contributed by atoms with Gasteiger partial charge in [0.1, 0.15) is 12.6 Å². The fourth-order valence-corrected chi connectivity index (χ4v) is 6.78. The SMILES string of the molecule is CC[C@@H](/C=N/NC(=O)NCC1CCC(C(=O)NC)CC1)NC(=O)[C@@H]1C[C@@H]([NH-])CN1C(=O)OCC1c2ccccc2-c2ccccc21.[CH3-].[Y]. The number of rotatable bonds is 10. The Morgan fingerprint density at radius 2 is 1.62 bits per heavy atom. The average molecular weight is 735 g/mol. The van der Waals surface area contributed by atoms with E-state index in [4.69, 9.17) is 10.5 Å². The molecule has 0 bridgehead atoms. The van der Waals surface area contributed by atoms with Gasteiger partial charge in [-0.25, -0.2) is 15.0 Å². The average Bonchev–Trinajstić information content (AvgIpc) is 3.63. The van der Waals surface area contributed by atoms with Crippen LogP contribution in [0.5, 0.6) is 0 Å². The molecule has 2 aromatic rings. The maximum absolute atomic E-state index is 13.3. The predicted octanol–water partition coefficient (Wildman–Crippen LogP) is 4.61. The minimum Gasteiger partial charge on any atom is -0.673 e. The summed E-state index contributed by atoms with van der Waals surface area (Å²) in [4.78, 5) is 52.0. The minimum atomic E-state index is -0.838. The first-order valence-electron chi connectivity index (χ1n) is 16.2. The molecule has 5 N–H and O–H groups in total. The van der Waals surface area contributed by atoms with Crippen molar-refractivity contribution in [3.05, 3.63) is 72.8 Å². The van der Waals surface area contributed by atoms with Crippen LogP contribution in [0.2, 0.25) is 0 Å². The molecule has 1 heterocycles. The molecule has 5 rings (SSSR count). The van der Waals surface area contributed by atoms with E-state index in [2.05, 4.69) is 38.6 Å². The zero-order chi connectivity index (χ0) is 32.6. The van der Waals surface area contributed by atoms with E-state index in [0.29, 0.717) is 18.9 Å². The fraction of sp³-hybridized carbons (Fsp3) is 0.486. The van der Waals surface area contributed by atoms with Crippen molar-refractivity contribution in [3.8, 4) is 11.1 Å². The molecule has 1 aliphatic heterocycles. The van der Waals surface area contributed by atoms with Crippen LogP contribution in [0.4, 0.5) is 9.59 Å². The molecule has 3 aliphatic rings. The van der Waals surface area contributed by atoms with E-state index >= 15 is 0 Å². The topological polar surface area (TPSA) is 165 Å². The van der Waals surface area contributed by atoms with Crippen LogP contribution in [0.15, 0.2) is 53.6 Å². The number of nitrogens with one attached hydrogen (secondary N) is 5. The molecule has 48 heavy (non-hydrogen) atoms. The Hall–Kier alpha value is -3.35. The fourth-order valence-electron chi connectivity index (χ4n) is 6.78. The Kier molecular flexibility index (Phi) is 15.0. The van der Waals surface area contributed by atoms with Crippen molar-refractivity contribution in [3.63, 3.8) is 0 Å². The summed E-state index contributed by atoms with van der Waals surface area (Å²) in [7, 11) is 1.65. The number of nitrogens with zero attached hydrogens (tertiary/aromatic N) is 2. The second kappa shape index (κ2) is 18.4. The summed E-state index contributed by atoms with van der Waals surface area (Å²) in [6.45, 7) is 2.61. The van der Waals surface area contributed by atoms with E-state index in [1.807, 2.05) is 43.3 Å². The molecule has 5 amide bonds. The molecule has 2 aliphatic carbocycles. The molecule has 12 nitrogen and oxygen atoms in total. The van der Waals surface area contributed by atoms with Crippen molar-refractivity contribution in [2.75, 3.05) is 26.7 Å². The van der Waals surface area contributed by atoms with E-state index < -0.39 is 36.2 Å². The van der Waals surface area contributed by atoms with E-state index in [-0.39, 0.29) is 77.5 Å². The van der Waals surface area contributed by atoms with Gasteiger partial charge in [0.25, 0.3) is 0 Å². The second-order valence-electron chi connectivity index (χ2n) is 12.4. The first kappa shape index (κ1) is 39.1. The first-order valence-corrected chi connectivity index (χ1v) is 16.2. The van der Waals surface area contributed by atoms with E-state index in [1.54, 1.807) is 7.05 Å². The van der Waals surface area contributed by atoms with Gasteiger partial charge in [-0.05, 0) is 66.7 Å². The van der Waals surface area contributed by atoms with Crippen LogP contribution in [0.25, 0.3) is 16.9 Å². The Balaban J connectivity index is 0.00000312. The summed E-state index contributed by atoms with van der Waals surface area (Å²) in [6.07, 6.45) is 4.92. The first-order chi connectivity index (χ1) is 22.3. The Morgan fingerprint density at radius 1 is 1.00 bits per heavy atom. The number of ether oxygens (including phenoxy) is 1. The number of likely N-dealkylation sites (tertiary alicyclic amines) is 1. The van der Waals surface area contributed by atoms with Crippen LogP contribution < -0.4 is 21.4 Å². The zero-order valence-electron chi connectivity index (χ0n) is 28.0. The van der Waals surface area contributed by atoms with Crippen molar-refractivity contribution in [2.24, 2.45) is 16.9 Å². The number of hydrogen-bond acceptors (Lipinski definition) is 6. The smallest absolute Gasteiger partial charge is 0.410 e. The quantitative estimate of drug-likeness (QED) is 0.159. The second-order valence-corrected chi connectivity index (χ2v) is 12.4. The maximum atomic E-state index is 13.3. The molecule has 1 saturated heterocycles. The number of carbonyl (C=O) groups excluding carboxylic acids is 4. The number of hydrazone groups is 1. The van der Waals surface area contributed by atoms with Crippen molar-refractivity contribution in [1.82, 2.24) is 26.3 Å². The molecule has 1 saturated carbocycles. The van der Waals surface area contributed by atoms with Crippen LogP contribution in [0.1, 0.15) is 62.5 Å². The Bertz CT molecular complexity index is 1400. The van der Waals surface area contributed by atoms with E-state index in [9.17, 15) is 19.2 Å². The Labute approximate surface area is 308 Å². The van der Waals surface area contributed by atoms with Gasteiger partial charge in [-0.15, -0.1) is 6.04 Å². The van der Waals surface area contributed by atoms with Gasteiger partial charge in [0.15, 0.2) is 0 Å². The van der Waals surface area contributed by atoms with Gasteiger partial charge >= 0.3 is 12.1 Å². The third-order valence-corrected chi connectivity index (χ3v) is 9.38. The van der Waals surface area contributed by atoms with Crippen LogP contribution in [-0.4, -0.2) is 79.9 Å². The molecule has 13 heteroatoms. The summed E-state index contributed by atoms with van der Waals surface area (Å²) in [5, 5.41) is 12.4. The van der Waals surface area contributed by atoms with Gasteiger partial charge in [0.05, 0.1) is 6.04 Å². The van der Waals surface area contributed by atoms with Crippen molar-refractivity contribution in [2.45, 2.75) is 69.5 Å². The molecule has 0 unspecified atom stereocenters. The largest absolute Gasteiger partial charge is 0.673 e. The molecule has 0 spiro atoms. The van der Waals surface area contributed by atoms with E-state index in [1.165, 1.54) is 11.1 Å². The summed E-state index contributed by atoms with van der Waals surface area (Å²) >= 11 is 0. The molecule has 3 atom stereocenters. The summed E-state index contributed by atoms with van der Waals surface area (Å²) in [5.74, 6) is -0.0626. The number of hydrogen-bond donors (Lipinski definition) is 4. The molecular weight excluding hydrogens is 687 g/mol. The molecule has 2 aromatic carbocycles. The van der Waals surface area contributed by atoms with Gasteiger partial charge in [0, 0.05) is 70.9 Å². The molecule has 257 valence electrons. The summed E-state index contributed by atoms with van der Waals surface area (Å²) in [5.41, 5.74) is 15.2. The third-order valence-electron chi connectivity index (χ3n) is 9.38. The number of fused-ring (bicyclic) bond motifs is 3. The van der Waals surface area contributed by atoms with Gasteiger partial charge < -0.3 is 33.8 Å². The summed E-state index contributed by atoms with van der Waals surface area (Å²) < 4.78 is 5.79. The summed E-state index contributed by atoms with van der Waals surface area (Å²) in [6, 6.07) is 13.8. The minimum absolute atomic E-state index is 0. The van der Waals surface area contributed by atoms with Crippen LogP contribution in [0, 0.1) is 19.3 Å². The van der Waals surface area contributed by atoms with Crippen molar-refractivity contribution in [1.29, 1.82) is 0 Å². The molecule has 0 aromatic heterocycles. The maximum Gasteiger partial charge on any atom is 0.410 e. The number of amides is 5. The van der Waals surface area contributed by atoms with Gasteiger partial charge in [0.2, 0.25) is 11.8 Å². The van der Waals surface area contributed by atoms with Crippen LogP contribution in [0.3, 0.4) is 0 Å². The number of urea groups is 1. The van der Waals surface area contributed by atoms with Crippen LogP contribution >= 0.6 is 0 Å². The van der Waals surface area contributed by atoms with Crippen molar-refractivity contribution >= 4 is 30.2 Å². The van der Waals surface area contributed by atoms with E-state index in [0.717, 1.165) is 47.9 Å². The zero-order valence-corrected chi connectivity index (χ0v) is 30.9. The third kappa shape index (κ3) is 9.42. The number of benzene rings is 2. The van der Waals surface area contributed by atoms with Crippen molar-refractivity contribution < 1.29 is 56.6 Å². The predicted molar refractivity (Wildman–Crippen MR) is 181 cm³/mol. The van der Waals surface area contributed by atoms with Gasteiger partial charge in [-0.2, -0.15) is 5.10 Å². The van der Waals surface area contributed by atoms with Gasteiger partial charge in [-0.3, -0.25) is 14.5 Å². The number of carbonyl (C=O) groups is 4. The van der Waals surface area contributed by atoms with Crippen LogP contribution in [-0.2, 0) is 47.0 Å². The normalized spacial score (nSPS) is 21.9.